The van der Waals surface area contributed by atoms with Crippen molar-refractivity contribution in [2.45, 2.75) is 120 Å². The monoisotopic (exact) mass is 954 g/mol. The zero-order chi connectivity index (χ0) is 49.0. The van der Waals surface area contributed by atoms with E-state index in [9.17, 15) is 28.8 Å². The third-order valence-corrected chi connectivity index (χ3v) is 13.7. The first-order chi connectivity index (χ1) is 34.0. The SMILES string of the molecule is C=CC(=O)OCCCCOc1ccc(C(=O)OC2CCC(OC(=O)c3cccc4c3C3(CC4)CCc4cccc(C(=O)OC5CCC(OC(=O)c6ccc(OCOC(=O)C=C)cc6)CC5)c43)CC2)cc1. The molecule has 0 aliphatic heterocycles. The van der Waals surface area contributed by atoms with Gasteiger partial charge >= 0.3 is 35.8 Å². The molecule has 4 aliphatic carbocycles. The molecule has 0 amide bonds. The van der Waals surface area contributed by atoms with Crippen molar-refractivity contribution in [1.29, 1.82) is 0 Å². The van der Waals surface area contributed by atoms with Crippen molar-refractivity contribution in [1.82, 2.24) is 0 Å². The number of aryl methyl sites for hydroxylation is 2. The fraction of sp³-hybridized carbons (Fsp3) is 0.393. The van der Waals surface area contributed by atoms with Gasteiger partial charge in [-0.2, -0.15) is 0 Å². The van der Waals surface area contributed by atoms with E-state index in [1.807, 2.05) is 24.3 Å². The Bertz CT molecular complexity index is 2560. The Kier molecular flexibility index (Phi) is 16.1. The summed E-state index contributed by atoms with van der Waals surface area (Å²) in [6.07, 6.45) is 9.59. The average Bonchev–Trinajstić information content (AvgIpc) is 3.96. The molecule has 0 heterocycles. The van der Waals surface area contributed by atoms with Crippen molar-refractivity contribution in [2.75, 3.05) is 20.0 Å². The van der Waals surface area contributed by atoms with Gasteiger partial charge in [-0.3, -0.25) is 0 Å². The zero-order valence-electron chi connectivity index (χ0n) is 39.2. The van der Waals surface area contributed by atoms with Crippen LogP contribution in [0.1, 0.15) is 141 Å². The number of rotatable bonds is 19. The smallest absolute Gasteiger partial charge is 0.338 e. The van der Waals surface area contributed by atoms with Gasteiger partial charge < -0.3 is 37.9 Å². The van der Waals surface area contributed by atoms with Crippen LogP contribution in [0.2, 0.25) is 0 Å². The first kappa shape index (κ1) is 49.2. The van der Waals surface area contributed by atoms with Gasteiger partial charge in [-0.05, 0) is 173 Å². The largest absolute Gasteiger partial charge is 0.494 e. The third kappa shape index (κ3) is 11.8. The Morgan fingerprint density at radius 3 is 1.33 bits per heavy atom. The molecule has 0 aromatic heterocycles. The highest BCUT2D eigenvalue weighted by Gasteiger charge is 2.49. The van der Waals surface area contributed by atoms with Crippen molar-refractivity contribution in [3.63, 3.8) is 0 Å². The van der Waals surface area contributed by atoms with Gasteiger partial charge in [0.2, 0.25) is 6.79 Å². The molecule has 2 saturated carbocycles. The lowest BCUT2D eigenvalue weighted by molar-refractivity contribution is -0.144. The maximum Gasteiger partial charge on any atom is 0.338 e. The summed E-state index contributed by atoms with van der Waals surface area (Å²) in [7, 11) is 0. The Morgan fingerprint density at radius 2 is 0.886 bits per heavy atom. The number of unbranched alkanes of at least 4 members (excludes halogenated alkanes) is 1. The number of ether oxygens (including phenoxy) is 8. The average molecular weight is 955 g/mol. The number of carbonyl (C=O) groups excluding carboxylic acids is 6. The maximum absolute atomic E-state index is 14.2. The number of fused-ring (bicyclic) bond motifs is 4. The fourth-order valence-electron chi connectivity index (χ4n) is 10.2. The molecule has 1 atom stereocenters. The van der Waals surface area contributed by atoms with Crippen LogP contribution in [0.3, 0.4) is 0 Å². The molecule has 14 nitrogen and oxygen atoms in total. The zero-order valence-corrected chi connectivity index (χ0v) is 39.2. The van der Waals surface area contributed by atoms with E-state index >= 15 is 0 Å². The number of benzene rings is 4. The second-order valence-corrected chi connectivity index (χ2v) is 18.1. The molecule has 1 spiro atoms. The standard InChI is InChI=1S/C56H58O14/c1-3-48(57)64-34-6-5-33-63-40-17-13-38(14-18-40)52(59)67-42-21-25-44(26-22-42)69-54(61)46-11-7-9-36-29-31-56(50(36)46)32-30-37-10-8-12-47(51(37)56)55(62)70-45-27-23-43(24-28-45)68-53(60)39-15-19-41(20-16-39)65-35-66-49(58)4-2/h3-4,7-20,42-45H,1-2,5-6,21-35H2. The Balaban J connectivity index is 0.822. The number of hydrogen-bond donors (Lipinski definition) is 0. The molecule has 14 heteroatoms. The van der Waals surface area contributed by atoms with Gasteiger partial charge in [0.05, 0.1) is 35.5 Å². The van der Waals surface area contributed by atoms with Gasteiger partial charge in [-0.25, -0.2) is 28.8 Å². The van der Waals surface area contributed by atoms with Crippen molar-refractivity contribution in [2.24, 2.45) is 0 Å². The first-order valence-corrected chi connectivity index (χ1v) is 24.2. The molecule has 1 unspecified atom stereocenters. The predicted molar refractivity (Wildman–Crippen MR) is 255 cm³/mol. The summed E-state index contributed by atoms with van der Waals surface area (Å²) < 4.78 is 45.0. The molecular formula is C56H58O14. The van der Waals surface area contributed by atoms with Crippen LogP contribution in [0, 0.1) is 0 Å². The molecule has 70 heavy (non-hydrogen) atoms. The number of hydrogen-bond acceptors (Lipinski definition) is 14. The fourth-order valence-corrected chi connectivity index (χ4v) is 10.2. The van der Waals surface area contributed by atoms with Crippen LogP contribution >= 0.6 is 0 Å². The van der Waals surface area contributed by atoms with Crippen molar-refractivity contribution in [3.8, 4) is 11.5 Å². The van der Waals surface area contributed by atoms with E-state index in [1.54, 1.807) is 48.5 Å². The first-order valence-electron chi connectivity index (χ1n) is 24.2. The molecule has 4 aromatic rings. The number of esters is 6. The molecule has 366 valence electrons. The minimum absolute atomic E-state index is 0.283. The minimum atomic E-state index is -0.604. The Hall–Kier alpha value is -7.22. The van der Waals surface area contributed by atoms with Gasteiger partial charge in [0.15, 0.2) is 0 Å². The van der Waals surface area contributed by atoms with Crippen LogP contribution in [-0.2, 0) is 56.3 Å². The second kappa shape index (κ2) is 22.9. The molecule has 8 rings (SSSR count). The molecule has 2 fully saturated rings. The Labute approximate surface area is 407 Å². The molecule has 0 radical (unpaired) electrons. The van der Waals surface area contributed by atoms with E-state index in [1.165, 1.54) is 0 Å². The summed E-state index contributed by atoms with van der Waals surface area (Å²) in [5.41, 5.74) is 5.27. The van der Waals surface area contributed by atoms with Gasteiger partial charge in [0.25, 0.3) is 0 Å². The summed E-state index contributed by atoms with van der Waals surface area (Å²) >= 11 is 0. The second-order valence-electron chi connectivity index (χ2n) is 18.1. The van der Waals surface area contributed by atoms with Gasteiger partial charge in [0, 0.05) is 17.6 Å². The van der Waals surface area contributed by atoms with Crippen molar-refractivity contribution < 1.29 is 66.7 Å². The highest BCUT2D eigenvalue weighted by molar-refractivity contribution is 5.96. The summed E-state index contributed by atoms with van der Waals surface area (Å²) in [4.78, 5) is 76.7. The third-order valence-electron chi connectivity index (χ3n) is 13.7. The van der Waals surface area contributed by atoms with E-state index < -0.39 is 41.2 Å². The van der Waals surface area contributed by atoms with Crippen LogP contribution < -0.4 is 9.47 Å². The number of carbonyl (C=O) groups is 6. The van der Waals surface area contributed by atoms with Gasteiger partial charge in [0.1, 0.15) is 35.9 Å². The minimum Gasteiger partial charge on any atom is -0.494 e. The predicted octanol–water partition coefficient (Wildman–Crippen LogP) is 9.47. The van der Waals surface area contributed by atoms with Crippen LogP contribution in [-0.4, -0.2) is 80.2 Å². The molecule has 4 aliphatic rings. The molecule has 0 N–H and O–H groups in total. The lowest BCUT2D eigenvalue weighted by Gasteiger charge is -2.32. The van der Waals surface area contributed by atoms with E-state index in [0.717, 1.165) is 60.1 Å². The molecule has 4 aromatic carbocycles. The molecule has 0 bridgehead atoms. The highest BCUT2D eigenvalue weighted by Crippen LogP contribution is 2.55. The van der Waals surface area contributed by atoms with Crippen LogP contribution in [0.4, 0.5) is 0 Å². The van der Waals surface area contributed by atoms with Gasteiger partial charge in [-0.1, -0.05) is 37.4 Å². The van der Waals surface area contributed by atoms with Crippen LogP contribution in [0.5, 0.6) is 11.5 Å². The van der Waals surface area contributed by atoms with E-state index in [2.05, 4.69) is 25.3 Å². The van der Waals surface area contributed by atoms with Crippen molar-refractivity contribution >= 4 is 35.8 Å². The van der Waals surface area contributed by atoms with Crippen LogP contribution in [0.15, 0.2) is 110 Å². The summed E-state index contributed by atoms with van der Waals surface area (Å²) in [5, 5.41) is 0. The quantitative estimate of drug-likeness (QED) is 0.0286. The topological polar surface area (TPSA) is 176 Å². The summed E-state index contributed by atoms with van der Waals surface area (Å²) in [6.45, 7) is 7.16. The van der Waals surface area contributed by atoms with E-state index in [4.69, 9.17) is 37.9 Å². The molecular weight excluding hydrogens is 897 g/mol. The van der Waals surface area contributed by atoms with Crippen LogP contribution in [0.25, 0.3) is 0 Å². The lowest BCUT2D eigenvalue weighted by Crippen LogP contribution is -2.32. The Morgan fingerprint density at radius 1 is 0.486 bits per heavy atom. The molecule has 0 saturated heterocycles. The van der Waals surface area contributed by atoms with E-state index in [-0.39, 0.29) is 31.2 Å². The summed E-state index contributed by atoms with van der Waals surface area (Å²) in [5.74, 6) is -1.70. The highest BCUT2D eigenvalue weighted by atomic mass is 16.7. The summed E-state index contributed by atoms with van der Waals surface area (Å²) in [6, 6.07) is 24.7. The van der Waals surface area contributed by atoms with Crippen molar-refractivity contribution in [3.05, 3.63) is 155 Å². The lowest BCUT2D eigenvalue weighted by atomic mass is 9.73. The normalized spacial score (nSPS) is 21.0. The van der Waals surface area contributed by atoms with Gasteiger partial charge in [-0.15, -0.1) is 0 Å². The maximum atomic E-state index is 14.2. The van der Waals surface area contributed by atoms with E-state index in [0.29, 0.717) is 111 Å².